The van der Waals surface area contributed by atoms with Crippen LogP contribution in [0.3, 0.4) is 0 Å². The fraction of sp³-hybridized carbons (Fsp3) is 0.833. The molecule has 0 fully saturated rings. The molecule has 1 amide bonds. The van der Waals surface area contributed by atoms with Crippen molar-refractivity contribution < 1.29 is 41.6 Å². The van der Waals surface area contributed by atoms with Crippen molar-refractivity contribution in [2.45, 2.75) is 66.8 Å². The largest absolute Gasteiger partial charge is 0.425 e. The van der Waals surface area contributed by atoms with E-state index in [-0.39, 0.29) is 37.0 Å². The summed E-state index contributed by atoms with van der Waals surface area (Å²) in [6.45, 7) is 8.86. The van der Waals surface area contributed by atoms with E-state index in [1.807, 2.05) is 0 Å². The third-order valence-corrected chi connectivity index (χ3v) is 5.10. The third kappa shape index (κ3) is 11.1. The molecule has 0 bridgehead atoms. The molecule has 0 spiro atoms. The first-order valence-corrected chi connectivity index (χ1v) is 11.0. The van der Waals surface area contributed by atoms with Crippen LogP contribution in [0.4, 0.5) is 0 Å². The SMILES string of the molecule is CCC(=O)OC(OC(=O)[C@H](O)C(C)(C)COS(=O)(=O)CCCNC(C)=O)C(C)C. The number of hydrogen-bond acceptors (Lipinski definition) is 9. The number of esters is 2. The van der Waals surface area contributed by atoms with Gasteiger partial charge in [0.25, 0.3) is 10.1 Å². The molecule has 0 aliphatic carbocycles. The molecule has 0 saturated carbocycles. The van der Waals surface area contributed by atoms with E-state index in [9.17, 15) is 27.9 Å². The maximum atomic E-state index is 12.3. The minimum Gasteiger partial charge on any atom is -0.425 e. The van der Waals surface area contributed by atoms with E-state index in [2.05, 4.69) is 5.32 Å². The van der Waals surface area contributed by atoms with E-state index in [1.54, 1.807) is 20.8 Å². The summed E-state index contributed by atoms with van der Waals surface area (Å²) in [4.78, 5) is 34.5. The van der Waals surface area contributed by atoms with Crippen LogP contribution in [0, 0.1) is 11.3 Å². The van der Waals surface area contributed by atoms with Gasteiger partial charge in [0.2, 0.25) is 12.2 Å². The molecule has 1 unspecified atom stereocenters. The molecule has 0 heterocycles. The van der Waals surface area contributed by atoms with Crippen molar-refractivity contribution in [2.75, 3.05) is 18.9 Å². The Balaban J connectivity index is 4.78. The number of hydrogen-bond donors (Lipinski definition) is 2. The van der Waals surface area contributed by atoms with Crippen molar-refractivity contribution in [3.8, 4) is 0 Å². The number of carbonyl (C=O) groups excluding carboxylic acids is 3. The summed E-state index contributed by atoms with van der Waals surface area (Å²) in [5.74, 6) is -2.55. The smallest absolute Gasteiger partial charge is 0.338 e. The van der Waals surface area contributed by atoms with Gasteiger partial charge in [-0.15, -0.1) is 0 Å². The highest BCUT2D eigenvalue weighted by Gasteiger charge is 2.38. The maximum Gasteiger partial charge on any atom is 0.338 e. The Morgan fingerprint density at radius 1 is 1.14 bits per heavy atom. The second-order valence-electron chi connectivity index (χ2n) is 7.64. The van der Waals surface area contributed by atoms with E-state index in [0.29, 0.717) is 0 Å². The minimum atomic E-state index is -3.91. The average Bonchev–Trinajstić information content (AvgIpc) is 2.62. The quantitative estimate of drug-likeness (QED) is 0.183. The predicted octanol–water partition coefficient (Wildman–Crippen LogP) is 0.725. The molecule has 0 aliphatic rings. The topological polar surface area (TPSA) is 145 Å². The minimum absolute atomic E-state index is 0.0997. The van der Waals surface area contributed by atoms with E-state index < -0.39 is 46.5 Å². The molecule has 0 rings (SSSR count). The highest BCUT2D eigenvalue weighted by atomic mass is 32.2. The zero-order valence-corrected chi connectivity index (χ0v) is 18.7. The van der Waals surface area contributed by atoms with Crippen LogP contribution in [-0.4, -0.2) is 62.7 Å². The number of nitrogens with one attached hydrogen (secondary N) is 1. The van der Waals surface area contributed by atoms with Gasteiger partial charge in [0.15, 0.2) is 6.10 Å². The van der Waals surface area contributed by atoms with Crippen molar-refractivity contribution >= 4 is 28.0 Å². The Labute approximate surface area is 172 Å². The lowest BCUT2D eigenvalue weighted by Gasteiger charge is -2.30. The maximum absolute atomic E-state index is 12.3. The van der Waals surface area contributed by atoms with Gasteiger partial charge < -0.3 is 19.9 Å². The standard InChI is InChI=1S/C18H33NO9S/c1-7-14(21)27-17(12(2)3)28-16(23)15(22)18(5,6)11-26-29(24,25)10-8-9-19-13(4)20/h12,15,17,22H,7-11H2,1-6H3,(H,19,20)/t15-,17?/m0/s1. The van der Waals surface area contributed by atoms with Crippen LogP contribution in [0.1, 0.15) is 54.4 Å². The summed E-state index contributed by atoms with van der Waals surface area (Å²) in [6.07, 6.45) is -2.62. The number of ether oxygens (including phenoxy) is 2. The summed E-state index contributed by atoms with van der Waals surface area (Å²) in [6, 6.07) is 0. The summed E-state index contributed by atoms with van der Waals surface area (Å²) < 4.78 is 38.9. The molecule has 0 radical (unpaired) electrons. The summed E-state index contributed by atoms with van der Waals surface area (Å²) >= 11 is 0. The van der Waals surface area contributed by atoms with Gasteiger partial charge in [-0.2, -0.15) is 8.42 Å². The second kappa shape index (κ2) is 12.1. The molecular weight excluding hydrogens is 406 g/mol. The number of rotatable bonds is 13. The van der Waals surface area contributed by atoms with E-state index >= 15 is 0 Å². The number of aliphatic hydroxyl groups excluding tert-OH is 1. The highest BCUT2D eigenvalue weighted by molar-refractivity contribution is 7.86. The molecule has 11 heteroatoms. The molecule has 10 nitrogen and oxygen atoms in total. The van der Waals surface area contributed by atoms with Crippen LogP contribution < -0.4 is 5.32 Å². The van der Waals surface area contributed by atoms with Gasteiger partial charge in [-0.05, 0) is 6.42 Å². The molecule has 0 aromatic rings. The Kier molecular flexibility index (Phi) is 11.4. The average molecular weight is 440 g/mol. The van der Waals surface area contributed by atoms with Crippen LogP contribution in [0.5, 0.6) is 0 Å². The molecule has 0 saturated heterocycles. The van der Waals surface area contributed by atoms with Gasteiger partial charge in [0.1, 0.15) is 0 Å². The van der Waals surface area contributed by atoms with Gasteiger partial charge in [-0.25, -0.2) is 4.79 Å². The summed E-state index contributed by atoms with van der Waals surface area (Å²) in [5, 5.41) is 12.8. The summed E-state index contributed by atoms with van der Waals surface area (Å²) in [7, 11) is -3.91. The van der Waals surface area contributed by atoms with Crippen LogP contribution >= 0.6 is 0 Å². The Hall–Kier alpha value is -1.72. The van der Waals surface area contributed by atoms with Gasteiger partial charge >= 0.3 is 11.9 Å². The fourth-order valence-corrected chi connectivity index (χ4v) is 3.00. The molecule has 170 valence electrons. The van der Waals surface area contributed by atoms with Crippen molar-refractivity contribution in [1.29, 1.82) is 0 Å². The third-order valence-electron chi connectivity index (χ3n) is 3.83. The van der Waals surface area contributed by atoms with Gasteiger partial charge in [-0.1, -0.05) is 34.6 Å². The van der Waals surface area contributed by atoms with E-state index in [1.165, 1.54) is 20.8 Å². The lowest BCUT2D eigenvalue weighted by Crippen LogP contribution is -2.44. The zero-order chi connectivity index (χ0) is 22.8. The molecule has 29 heavy (non-hydrogen) atoms. The van der Waals surface area contributed by atoms with E-state index in [4.69, 9.17) is 13.7 Å². The molecule has 2 N–H and O–H groups in total. The lowest BCUT2D eigenvalue weighted by molar-refractivity contribution is -0.205. The summed E-state index contributed by atoms with van der Waals surface area (Å²) in [5.41, 5.74) is -1.29. The number of amides is 1. The fourth-order valence-electron chi connectivity index (χ4n) is 1.90. The first-order chi connectivity index (χ1) is 13.2. The highest BCUT2D eigenvalue weighted by Crippen LogP contribution is 2.24. The van der Waals surface area contributed by atoms with Crippen molar-refractivity contribution in [2.24, 2.45) is 11.3 Å². The number of aliphatic hydroxyl groups is 1. The Morgan fingerprint density at radius 2 is 1.72 bits per heavy atom. The van der Waals surface area contributed by atoms with Crippen molar-refractivity contribution in [1.82, 2.24) is 5.32 Å². The molecular formula is C18H33NO9S. The van der Waals surface area contributed by atoms with Crippen LogP contribution in [0.25, 0.3) is 0 Å². The predicted molar refractivity (Wildman–Crippen MR) is 104 cm³/mol. The molecule has 0 aliphatic heterocycles. The monoisotopic (exact) mass is 439 g/mol. The molecule has 0 aromatic carbocycles. The Morgan fingerprint density at radius 3 is 2.21 bits per heavy atom. The number of carbonyl (C=O) groups is 3. The van der Waals surface area contributed by atoms with Crippen LogP contribution in [0.2, 0.25) is 0 Å². The second-order valence-corrected chi connectivity index (χ2v) is 9.40. The van der Waals surface area contributed by atoms with Crippen LogP contribution in [-0.2, 0) is 38.2 Å². The first-order valence-electron chi connectivity index (χ1n) is 9.41. The van der Waals surface area contributed by atoms with Gasteiger partial charge in [0, 0.05) is 31.2 Å². The first kappa shape index (κ1) is 27.3. The zero-order valence-electron chi connectivity index (χ0n) is 17.9. The van der Waals surface area contributed by atoms with Gasteiger partial charge in [-0.3, -0.25) is 13.8 Å². The van der Waals surface area contributed by atoms with Crippen LogP contribution in [0.15, 0.2) is 0 Å². The van der Waals surface area contributed by atoms with Crippen molar-refractivity contribution in [3.05, 3.63) is 0 Å². The molecule has 0 aromatic heterocycles. The Bertz CT molecular complexity index is 658. The van der Waals surface area contributed by atoms with E-state index in [0.717, 1.165) is 0 Å². The normalized spacial score (nSPS) is 14.2. The van der Waals surface area contributed by atoms with Crippen molar-refractivity contribution in [3.63, 3.8) is 0 Å². The lowest BCUT2D eigenvalue weighted by atomic mass is 9.87. The molecule has 2 atom stereocenters. The van der Waals surface area contributed by atoms with Gasteiger partial charge in [0.05, 0.1) is 12.4 Å².